The fourth-order valence-electron chi connectivity index (χ4n) is 2.78. The monoisotopic (exact) mass is 437 g/mol. The highest BCUT2D eigenvalue weighted by Gasteiger charge is 2.24. The zero-order valence-corrected chi connectivity index (χ0v) is 17.1. The van der Waals surface area contributed by atoms with Crippen LogP contribution >= 0.6 is 0 Å². The van der Waals surface area contributed by atoms with Crippen LogP contribution in [0.5, 0.6) is 5.75 Å². The van der Waals surface area contributed by atoms with Gasteiger partial charge in [0.05, 0.1) is 0 Å². The summed E-state index contributed by atoms with van der Waals surface area (Å²) in [5.74, 6) is -0.828. The number of halogens is 1. The van der Waals surface area contributed by atoms with Gasteiger partial charge in [0, 0.05) is 5.56 Å². The van der Waals surface area contributed by atoms with E-state index in [9.17, 15) is 17.6 Å². The van der Waals surface area contributed by atoms with E-state index in [1.807, 2.05) is 6.92 Å². The van der Waals surface area contributed by atoms with Gasteiger partial charge in [-0.3, -0.25) is 0 Å². The van der Waals surface area contributed by atoms with Crippen LogP contribution < -0.4 is 4.18 Å². The smallest absolute Gasteiger partial charge is 0.363 e. The van der Waals surface area contributed by atoms with Crippen LogP contribution in [0.4, 0.5) is 4.39 Å². The van der Waals surface area contributed by atoms with E-state index in [0.717, 1.165) is 5.56 Å². The van der Waals surface area contributed by atoms with E-state index < -0.39 is 21.9 Å². The number of rotatable bonds is 5. The largest absolute Gasteiger partial charge is 0.402 e. The van der Waals surface area contributed by atoms with Crippen LogP contribution in [-0.2, 0) is 19.6 Å². The molecule has 3 aromatic carbocycles. The predicted octanol–water partition coefficient (Wildman–Crippen LogP) is 4.25. The number of nitrogens with zero attached hydrogens (tertiary/aromatic N) is 1. The minimum Gasteiger partial charge on any atom is -0.402 e. The first-order valence-electron chi connectivity index (χ1n) is 9.20. The molecule has 0 bridgehead atoms. The summed E-state index contributed by atoms with van der Waals surface area (Å²) >= 11 is 0. The first kappa shape index (κ1) is 20.5. The van der Waals surface area contributed by atoms with Crippen molar-refractivity contribution in [3.05, 3.63) is 101 Å². The van der Waals surface area contributed by atoms with Crippen molar-refractivity contribution >= 4 is 28.1 Å². The van der Waals surface area contributed by atoms with Crippen molar-refractivity contribution in [1.29, 1.82) is 0 Å². The van der Waals surface area contributed by atoms with E-state index in [0.29, 0.717) is 11.1 Å². The summed E-state index contributed by atoms with van der Waals surface area (Å²) in [6, 6.07) is 17.9. The van der Waals surface area contributed by atoms with Crippen molar-refractivity contribution in [3.63, 3.8) is 0 Å². The first-order valence-corrected chi connectivity index (χ1v) is 10.6. The number of cyclic esters (lactones) is 1. The molecular formula is C23H16FNO5S. The Morgan fingerprint density at radius 1 is 0.935 bits per heavy atom. The number of hydrogen-bond donors (Lipinski definition) is 0. The highest BCUT2D eigenvalue weighted by molar-refractivity contribution is 7.87. The Balaban J connectivity index is 1.51. The van der Waals surface area contributed by atoms with Crippen LogP contribution in [0.3, 0.4) is 0 Å². The van der Waals surface area contributed by atoms with Gasteiger partial charge in [0.25, 0.3) is 0 Å². The molecule has 0 aliphatic carbocycles. The van der Waals surface area contributed by atoms with Gasteiger partial charge in [0.2, 0.25) is 5.90 Å². The van der Waals surface area contributed by atoms with Gasteiger partial charge in [-0.05, 0) is 67.1 Å². The molecule has 1 aliphatic rings. The molecule has 0 amide bonds. The lowest BCUT2D eigenvalue weighted by molar-refractivity contribution is -0.129. The second kappa shape index (κ2) is 8.16. The zero-order chi connectivity index (χ0) is 22.0. The molecule has 0 N–H and O–H groups in total. The Morgan fingerprint density at radius 2 is 1.58 bits per heavy atom. The Labute approximate surface area is 178 Å². The van der Waals surface area contributed by atoms with Gasteiger partial charge in [-0.15, -0.1) is 0 Å². The molecule has 1 heterocycles. The molecule has 0 saturated heterocycles. The fourth-order valence-corrected chi connectivity index (χ4v) is 3.71. The van der Waals surface area contributed by atoms with E-state index in [1.165, 1.54) is 54.6 Å². The highest BCUT2D eigenvalue weighted by atomic mass is 32.2. The molecule has 1 aliphatic heterocycles. The lowest BCUT2D eigenvalue weighted by Crippen LogP contribution is -2.09. The minimum atomic E-state index is -3.95. The molecule has 3 aromatic rings. The lowest BCUT2D eigenvalue weighted by Gasteiger charge is -2.07. The van der Waals surface area contributed by atoms with E-state index in [2.05, 4.69) is 4.99 Å². The second-order valence-electron chi connectivity index (χ2n) is 6.76. The van der Waals surface area contributed by atoms with Crippen LogP contribution in [0.15, 0.2) is 88.4 Å². The fraction of sp³-hybridized carbons (Fsp3) is 0.0435. The summed E-state index contributed by atoms with van der Waals surface area (Å²) in [6.07, 6.45) is 1.50. The van der Waals surface area contributed by atoms with E-state index >= 15 is 0 Å². The van der Waals surface area contributed by atoms with Crippen molar-refractivity contribution in [3.8, 4) is 5.75 Å². The predicted molar refractivity (Wildman–Crippen MR) is 112 cm³/mol. The van der Waals surface area contributed by atoms with Crippen LogP contribution in [0.2, 0.25) is 0 Å². The molecule has 0 saturated carbocycles. The van der Waals surface area contributed by atoms with E-state index in [-0.39, 0.29) is 22.2 Å². The first-order chi connectivity index (χ1) is 14.8. The number of carbonyl (C=O) groups excluding carboxylic acids is 1. The quantitative estimate of drug-likeness (QED) is 0.339. The Bertz CT molecular complexity index is 1290. The molecule has 8 heteroatoms. The third-order valence-corrected chi connectivity index (χ3v) is 5.67. The molecule has 0 aromatic heterocycles. The zero-order valence-electron chi connectivity index (χ0n) is 16.3. The maximum Gasteiger partial charge on any atom is 0.363 e. The van der Waals surface area contributed by atoms with Crippen molar-refractivity contribution in [2.24, 2.45) is 4.99 Å². The van der Waals surface area contributed by atoms with Crippen LogP contribution in [0, 0.1) is 12.7 Å². The van der Waals surface area contributed by atoms with Crippen LogP contribution in [0.25, 0.3) is 6.08 Å². The summed E-state index contributed by atoms with van der Waals surface area (Å²) in [6.45, 7) is 1.86. The molecule has 31 heavy (non-hydrogen) atoms. The molecule has 6 nitrogen and oxygen atoms in total. The number of aliphatic imine (C=N–C) groups is 1. The van der Waals surface area contributed by atoms with Crippen molar-refractivity contribution in [2.75, 3.05) is 0 Å². The summed E-state index contributed by atoms with van der Waals surface area (Å²) < 4.78 is 48.1. The van der Waals surface area contributed by atoms with Crippen molar-refractivity contribution < 1.29 is 26.5 Å². The van der Waals surface area contributed by atoms with Crippen molar-refractivity contribution in [1.82, 2.24) is 0 Å². The van der Waals surface area contributed by atoms with Gasteiger partial charge in [-0.25, -0.2) is 14.2 Å². The maximum atomic E-state index is 13.1. The van der Waals surface area contributed by atoms with Gasteiger partial charge in [-0.2, -0.15) is 8.42 Å². The molecule has 0 spiro atoms. The average Bonchev–Trinajstić information content (AvgIpc) is 3.10. The number of aryl methyl sites for hydroxylation is 1. The molecule has 4 rings (SSSR count). The SMILES string of the molecule is Cc1ccc(S(=O)(=O)Oc2ccc(/C=C3\N=C(c4ccc(F)cc4)OC3=O)cc2)cc1. The summed E-state index contributed by atoms with van der Waals surface area (Å²) in [4.78, 5) is 16.3. The molecule has 156 valence electrons. The summed E-state index contributed by atoms with van der Waals surface area (Å²) in [5.41, 5.74) is 2.08. The van der Waals surface area contributed by atoms with Crippen LogP contribution in [-0.4, -0.2) is 20.3 Å². The average molecular weight is 437 g/mol. The third kappa shape index (κ3) is 4.70. The third-order valence-electron chi connectivity index (χ3n) is 4.41. The number of hydrogen-bond acceptors (Lipinski definition) is 6. The molecule has 0 atom stereocenters. The number of ether oxygens (including phenoxy) is 1. The standard InChI is InChI=1S/C23H16FNO5S/c1-15-2-12-20(13-3-15)31(27,28)30-19-10-4-16(5-11-19)14-21-23(26)29-22(25-21)17-6-8-18(24)9-7-17/h2-14H,1H3/b21-14-. The molecule has 0 fully saturated rings. The van der Waals surface area contributed by atoms with Crippen LogP contribution in [0.1, 0.15) is 16.7 Å². The number of carbonyl (C=O) groups is 1. The Kier molecular flexibility index (Phi) is 5.39. The van der Waals surface area contributed by atoms with Gasteiger partial charge in [-0.1, -0.05) is 29.8 Å². The Morgan fingerprint density at radius 3 is 2.23 bits per heavy atom. The molecule has 0 unspecified atom stereocenters. The Hall–Kier alpha value is -3.78. The van der Waals surface area contributed by atoms with Crippen molar-refractivity contribution in [2.45, 2.75) is 11.8 Å². The minimum absolute atomic E-state index is 0.0562. The molecular weight excluding hydrogens is 421 g/mol. The van der Waals surface area contributed by atoms with Gasteiger partial charge >= 0.3 is 16.1 Å². The normalized spacial score (nSPS) is 15.0. The maximum absolute atomic E-state index is 13.1. The van der Waals surface area contributed by atoms with Gasteiger partial charge < -0.3 is 8.92 Å². The lowest BCUT2D eigenvalue weighted by atomic mass is 10.2. The highest BCUT2D eigenvalue weighted by Crippen LogP contribution is 2.23. The number of benzene rings is 3. The summed E-state index contributed by atoms with van der Waals surface area (Å²) in [5, 5.41) is 0. The second-order valence-corrected chi connectivity index (χ2v) is 8.31. The van der Waals surface area contributed by atoms with E-state index in [1.54, 1.807) is 24.3 Å². The van der Waals surface area contributed by atoms with Gasteiger partial charge in [0.15, 0.2) is 5.70 Å². The summed E-state index contributed by atoms with van der Waals surface area (Å²) in [7, 11) is -3.95. The van der Waals surface area contributed by atoms with Gasteiger partial charge in [0.1, 0.15) is 16.5 Å². The topological polar surface area (TPSA) is 82.0 Å². The number of esters is 1. The molecule has 0 radical (unpaired) electrons. The van der Waals surface area contributed by atoms with E-state index in [4.69, 9.17) is 8.92 Å².